The van der Waals surface area contributed by atoms with Gasteiger partial charge in [-0.05, 0) is 26.3 Å². The van der Waals surface area contributed by atoms with Crippen molar-refractivity contribution in [3.05, 3.63) is 35.9 Å². The van der Waals surface area contributed by atoms with Gasteiger partial charge in [0.05, 0.1) is 12.0 Å². The third-order valence-electron chi connectivity index (χ3n) is 3.51. The third kappa shape index (κ3) is 2.35. The summed E-state index contributed by atoms with van der Waals surface area (Å²) >= 11 is 0. The van der Waals surface area contributed by atoms with Gasteiger partial charge in [0.15, 0.2) is 0 Å². The van der Waals surface area contributed by atoms with Crippen molar-refractivity contribution >= 4 is 11.9 Å². The van der Waals surface area contributed by atoms with Gasteiger partial charge in [-0.1, -0.05) is 30.3 Å². The van der Waals surface area contributed by atoms with Gasteiger partial charge in [-0.2, -0.15) is 0 Å². The Morgan fingerprint density at radius 2 is 1.95 bits per heavy atom. The predicted octanol–water partition coefficient (Wildman–Crippen LogP) is 2.49. The molecule has 0 aliphatic carbocycles. The maximum Gasteiger partial charge on any atom is 0.314 e. The van der Waals surface area contributed by atoms with Crippen LogP contribution in [0.15, 0.2) is 30.3 Å². The average molecular weight is 262 g/mol. The first-order chi connectivity index (χ1) is 8.98. The van der Waals surface area contributed by atoms with Crippen molar-refractivity contribution in [1.82, 2.24) is 0 Å². The van der Waals surface area contributed by atoms with Gasteiger partial charge in [0.25, 0.3) is 0 Å². The Morgan fingerprint density at radius 3 is 2.53 bits per heavy atom. The van der Waals surface area contributed by atoms with E-state index in [2.05, 4.69) is 0 Å². The van der Waals surface area contributed by atoms with Gasteiger partial charge in [0.2, 0.25) is 0 Å². The van der Waals surface area contributed by atoms with E-state index in [1.54, 1.807) is 20.8 Å². The molecular weight excluding hydrogens is 244 g/mol. The van der Waals surface area contributed by atoms with Crippen molar-refractivity contribution in [3.8, 4) is 0 Å². The van der Waals surface area contributed by atoms with Crippen LogP contribution in [-0.2, 0) is 19.1 Å². The summed E-state index contributed by atoms with van der Waals surface area (Å²) in [6.07, 6.45) is -0.567. The lowest BCUT2D eigenvalue weighted by Crippen LogP contribution is -2.34. The lowest BCUT2D eigenvalue weighted by molar-refractivity contribution is -0.153. The Kier molecular flexibility index (Phi) is 3.60. The summed E-state index contributed by atoms with van der Waals surface area (Å²) in [7, 11) is 0. The minimum absolute atomic E-state index is 0.293. The third-order valence-corrected chi connectivity index (χ3v) is 3.51. The molecule has 1 aromatic rings. The largest absolute Gasteiger partial charge is 0.466 e. The number of cyclic esters (lactones) is 1. The minimum atomic E-state index is -0.868. The van der Waals surface area contributed by atoms with Crippen molar-refractivity contribution in [2.24, 2.45) is 11.3 Å². The van der Waals surface area contributed by atoms with Gasteiger partial charge in [-0.25, -0.2) is 0 Å². The fraction of sp³-hybridized carbons (Fsp3) is 0.467. The van der Waals surface area contributed by atoms with Crippen molar-refractivity contribution in [1.29, 1.82) is 0 Å². The number of rotatable bonds is 3. The van der Waals surface area contributed by atoms with E-state index in [1.807, 2.05) is 30.3 Å². The summed E-state index contributed by atoms with van der Waals surface area (Å²) in [5, 5.41) is 0. The molecule has 2 atom stereocenters. The predicted molar refractivity (Wildman–Crippen MR) is 69.2 cm³/mol. The maximum absolute atomic E-state index is 12.1. The topological polar surface area (TPSA) is 52.6 Å². The Labute approximate surface area is 112 Å². The number of hydrogen-bond acceptors (Lipinski definition) is 4. The normalized spacial score (nSPS) is 24.9. The zero-order valence-corrected chi connectivity index (χ0v) is 11.4. The second-order valence-electron chi connectivity index (χ2n) is 5.19. The maximum atomic E-state index is 12.1. The molecule has 19 heavy (non-hydrogen) atoms. The molecule has 4 nitrogen and oxygen atoms in total. The summed E-state index contributed by atoms with van der Waals surface area (Å²) in [4.78, 5) is 24.1. The molecule has 1 fully saturated rings. The molecule has 1 aliphatic rings. The minimum Gasteiger partial charge on any atom is -0.466 e. The van der Waals surface area contributed by atoms with Gasteiger partial charge >= 0.3 is 11.9 Å². The van der Waals surface area contributed by atoms with Gasteiger partial charge in [-0.3, -0.25) is 9.59 Å². The lowest BCUT2D eigenvalue weighted by Gasteiger charge is -2.23. The van der Waals surface area contributed by atoms with E-state index >= 15 is 0 Å². The molecule has 0 N–H and O–H groups in total. The molecule has 0 saturated carbocycles. The summed E-state index contributed by atoms with van der Waals surface area (Å²) in [5.41, 5.74) is -0.0493. The van der Waals surface area contributed by atoms with Gasteiger partial charge in [0, 0.05) is 0 Å². The molecule has 1 heterocycles. The van der Waals surface area contributed by atoms with Crippen molar-refractivity contribution in [2.75, 3.05) is 6.61 Å². The molecule has 102 valence electrons. The number of esters is 2. The van der Waals surface area contributed by atoms with Crippen LogP contribution in [0.2, 0.25) is 0 Å². The Hall–Kier alpha value is -1.84. The quantitative estimate of drug-likeness (QED) is 0.785. The van der Waals surface area contributed by atoms with E-state index in [9.17, 15) is 9.59 Å². The first-order valence-electron chi connectivity index (χ1n) is 6.41. The highest BCUT2D eigenvalue weighted by Crippen LogP contribution is 2.47. The Bertz CT molecular complexity index is 478. The zero-order chi connectivity index (χ0) is 14.0. The summed E-state index contributed by atoms with van der Waals surface area (Å²) in [5.74, 6) is -1.35. The van der Waals surface area contributed by atoms with Crippen LogP contribution in [-0.4, -0.2) is 18.5 Å². The SMILES string of the molecule is CCOC(=O)[C@@H]1[C@@H](c2ccccc2)OC(=O)C1(C)C. The van der Waals surface area contributed by atoms with E-state index in [-0.39, 0.29) is 11.9 Å². The standard InChI is InChI=1S/C15H18O4/c1-4-18-13(16)11-12(10-8-6-5-7-9-10)19-14(17)15(11,2)3/h5-9,11-12H,4H2,1-3H3/t11-,12+/m0/s1. The smallest absolute Gasteiger partial charge is 0.314 e. The van der Waals surface area contributed by atoms with Gasteiger partial charge in [0.1, 0.15) is 12.0 Å². The molecule has 0 unspecified atom stereocenters. The lowest BCUT2D eigenvalue weighted by atomic mass is 9.76. The van der Waals surface area contributed by atoms with Crippen LogP contribution in [0.3, 0.4) is 0 Å². The van der Waals surface area contributed by atoms with Crippen LogP contribution < -0.4 is 0 Å². The van der Waals surface area contributed by atoms with E-state index < -0.39 is 17.4 Å². The highest BCUT2D eigenvalue weighted by molar-refractivity contribution is 5.88. The van der Waals surface area contributed by atoms with E-state index in [4.69, 9.17) is 9.47 Å². The first-order valence-corrected chi connectivity index (χ1v) is 6.41. The van der Waals surface area contributed by atoms with Crippen molar-refractivity contribution in [3.63, 3.8) is 0 Å². The van der Waals surface area contributed by atoms with E-state index in [0.29, 0.717) is 6.61 Å². The number of carbonyl (C=O) groups is 2. The molecule has 1 saturated heterocycles. The fourth-order valence-electron chi connectivity index (χ4n) is 2.39. The fourth-order valence-corrected chi connectivity index (χ4v) is 2.39. The number of hydrogen-bond donors (Lipinski definition) is 0. The molecule has 2 rings (SSSR count). The highest BCUT2D eigenvalue weighted by Gasteiger charge is 2.56. The van der Waals surface area contributed by atoms with E-state index in [1.165, 1.54) is 0 Å². The van der Waals surface area contributed by atoms with Crippen LogP contribution >= 0.6 is 0 Å². The van der Waals surface area contributed by atoms with Crippen LogP contribution in [0.25, 0.3) is 0 Å². The molecule has 1 aromatic carbocycles. The number of benzene rings is 1. The zero-order valence-electron chi connectivity index (χ0n) is 11.4. The Morgan fingerprint density at radius 1 is 1.32 bits per heavy atom. The molecule has 0 bridgehead atoms. The van der Waals surface area contributed by atoms with Crippen LogP contribution in [0.5, 0.6) is 0 Å². The Balaban J connectivity index is 2.37. The summed E-state index contributed by atoms with van der Waals surface area (Å²) < 4.78 is 10.5. The summed E-state index contributed by atoms with van der Waals surface area (Å²) in [6, 6.07) is 9.30. The van der Waals surface area contributed by atoms with Gasteiger partial charge < -0.3 is 9.47 Å². The van der Waals surface area contributed by atoms with E-state index in [0.717, 1.165) is 5.56 Å². The monoisotopic (exact) mass is 262 g/mol. The molecule has 0 amide bonds. The second kappa shape index (κ2) is 5.03. The molecule has 4 heteroatoms. The molecule has 1 aliphatic heterocycles. The van der Waals surface area contributed by atoms with Crippen LogP contribution in [0.1, 0.15) is 32.4 Å². The first kappa shape index (κ1) is 13.6. The molecular formula is C15H18O4. The van der Waals surface area contributed by atoms with Crippen molar-refractivity contribution < 1.29 is 19.1 Å². The molecule has 0 aromatic heterocycles. The second-order valence-corrected chi connectivity index (χ2v) is 5.19. The highest BCUT2D eigenvalue weighted by atomic mass is 16.6. The average Bonchev–Trinajstić information content (AvgIpc) is 2.62. The van der Waals surface area contributed by atoms with Crippen LogP contribution in [0.4, 0.5) is 0 Å². The van der Waals surface area contributed by atoms with Crippen LogP contribution in [0, 0.1) is 11.3 Å². The molecule has 0 spiro atoms. The number of carbonyl (C=O) groups excluding carboxylic acids is 2. The molecule has 0 radical (unpaired) electrons. The number of ether oxygens (including phenoxy) is 2. The van der Waals surface area contributed by atoms with Crippen molar-refractivity contribution in [2.45, 2.75) is 26.9 Å². The van der Waals surface area contributed by atoms with Gasteiger partial charge in [-0.15, -0.1) is 0 Å². The summed E-state index contributed by atoms with van der Waals surface area (Å²) in [6.45, 7) is 5.49.